The topological polar surface area (TPSA) is 80.1 Å². The van der Waals surface area contributed by atoms with Gasteiger partial charge in [-0.15, -0.1) is 0 Å². The van der Waals surface area contributed by atoms with Gasteiger partial charge >= 0.3 is 5.97 Å². The van der Waals surface area contributed by atoms with Crippen molar-refractivity contribution < 1.29 is 14.3 Å². The van der Waals surface area contributed by atoms with Crippen LogP contribution in [0.3, 0.4) is 0 Å². The molecule has 0 aliphatic heterocycles. The van der Waals surface area contributed by atoms with Crippen molar-refractivity contribution in [3.8, 4) is 0 Å². The van der Waals surface area contributed by atoms with E-state index in [0.29, 0.717) is 35.1 Å². The molecular formula is C14H18BrN3O3. The molecule has 1 N–H and O–H groups in total. The summed E-state index contributed by atoms with van der Waals surface area (Å²) in [6, 6.07) is 4.74. The number of carbonyl (C=O) groups is 2. The van der Waals surface area contributed by atoms with Gasteiger partial charge in [-0.3, -0.25) is 10.2 Å². The van der Waals surface area contributed by atoms with E-state index in [-0.39, 0.29) is 12.4 Å². The van der Waals surface area contributed by atoms with E-state index in [1.165, 1.54) is 6.07 Å². The van der Waals surface area contributed by atoms with Crippen molar-refractivity contribution in [1.29, 1.82) is 0 Å². The van der Waals surface area contributed by atoms with Crippen LogP contribution >= 0.6 is 15.9 Å². The summed E-state index contributed by atoms with van der Waals surface area (Å²) in [5.74, 6) is -0.533. The summed E-state index contributed by atoms with van der Waals surface area (Å²) in [6.45, 7) is 4.31. The van der Waals surface area contributed by atoms with E-state index in [1.54, 1.807) is 26.0 Å². The summed E-state index contributed by atoms with van der Waals surface area (Å²) in [4.78, 5) is 23.7. The van der Waals surface area contributed by atoms with Crippen molar-refractivity contribution in [3.05, 3.63) is 29.3 Å². The molecule has 21 heavy (non-hydrogen) atoms. The van der Waals surface area contributed by atoms with Crippen molar-refractivity contribution >= 4 is 33.4 Å². The lowest BCUT2D eigenvalue weighted by atomic mass is 10.0. The van der Waals surface area contributed by atoms with E-state index < -0.39 is 5.97 Å². The molecule has 1 rings (SSSR count). The van der Waals surface area contributed by atoms with Crippen molar-refractivity contribution in [3.63, 3.8) is 0 Å². The standard InChI is InChI=1S/C14H18BrN3O3/c1-3-13(19)11-9-10(14(20)21-4-2)5-6-12(11)17-18-16-8-7-15/h5-6,9H,3-4,7-8H2,1-2H3,(H,16,17). The molecule has 1 aromatic carbocycles. The number of nitrogens with zero attached hydrogens (tertiary/aromatic N) is 2. The van der Waals surface area contributed by atoms with Gasteiger partial charge in [-0.1, -0.05) is 28.1 Å². The summed E-state index contributed by atoms with van der Waals surface area (Å²) in [5, 5.41) is 8.37. The van der Waals surface area contributed by atoms with Crippen LogP contribution in [0.4, 0.5) is 5.69 Å². The van der Waals surface area contributed by atoms with Gasteiger partial charge in [0.1, 0.15) is 0 Å². The molecule has 0 fully saturated rings. The molecule has 1 aromatic rings. The molecule has 0 bridgehead atoms. The first kappa shape index (κ1) is 17.3. The third-order valence-corrected chi connectivity index (χ3v) is 2.93. The van der Waals surface area contributed by atoms with E-state index >= 15 is 0 Å². The summed E-state index contributed by atoms with van der Waals surface area (Å²) in [6.07, 6.45) is 0.333. The molecule has 0 radical (unpaired) electrons. The van der Waals surface area contributed by atoms with Gasteiger partial charge in [-0.2, -0.15) is 5.11 Å². The highest BCUT2D eigenvalue weighted by Crippen LogP contribution is 2.20. The normalized spacial score (nSPS) is 10.6. The third-order valence-electron chi connectivity index (χ3n) is 2.58. The number of hydrogen-bond acceptors (Lipinski definition) is 5. The summed E-state index contributed by atoms with van der Waals surface area (Å²) in [7, 11) is 0. The first-order valence-corrected chi connectivity index (χ1v) is 7.79. The molecule has 0 spiro atoms. The monoisotopic (exact) mass is 355 g/mol. The molecule has 0 unspecified atom stereocenters. The number of ether oxygens (including phenoxy) is 1. The van der Waals surface area contributed by atoms with Crippen LogP contribution in [0.15, 0.2) is 28.5 Å². The number of carbonyl (C=O) groups excluding carboxylic acids is 2. The number of hydrogen-bond donors (Lipinski definition) is 1. The van der Waals surface area contributed by atoms with E-state index in [9.17, 15) is 9.59 Å². The van der Waals surface area contributed by atoms with Gasteiger partial charge in [0.25, 0.3) is 0 Å². The highest BCUT2D eigenvalue weighted by Gasteiger charge is 2.14. The Hall–Kier alpha value is -1.76. The summed E-state index contributed by atoms with van der Waals surface area (Å²) >= 11 is 3.24. The number of ketones is 1. The van der Waals surface area contributed by atoms with Gasteiger partial charge < -0.3 is 4.74 Å². The van der Waals surface area contributed by atoms with Gasteiger partial charge in [-0.25, -0.2) is 4.79 Å². The van der Waals surface area contributed by atoms with Gasteiger partial charge in [0.2, 0.25) is 0 Å². The number of halogens is 1. The van der Waals surface area contributed by atoms with E-state index in [0.717, 1.165) is 0 Å². The Morgan fingerprint density at radius 1 is 1.33 bits per heavy atom. The fourth-order valence-corrected chi connectivity index (χ4v) is 1.74. The van der Waals surface area contributed by atoms with Crippen LogP contribution in [0, 0.1) is 0 Å². The SMILES string of the molecule is CCOC(=O)c1ccc(NN=NCCBr)c(C(=O)CC)c1. The number of alkyl halides is 1. The van der Waals surface area contributed by atoms with Crippen LogP contribution in [0.2, 0.25) is 0 Å². The van der Waals surface area contributed by atoms with Crippen molar-refractivity contribution in [2.24, 2.45) is 10.3 Å². The van der Waals surface area contributed by atoms with E-state index in [2.05, 4.69) is 31.7 Å². The van der Waals surface area contributed by atoms with Gasteiger partial charge in [0.05, 0.1) is 24.4 Å². The van der Waals surface area contributed by atoms with E-state index in [1.807, 2.05) is 0 Å². The maximum Gasteiger partial charge on any atom is 0.338 e. The number of nitrogens with one attached hydrogen (secondary N) is 1. The lowest BCUT2D eigenvalue weighted by Crippen LogP contribution is -2.08. The van der Waals surface area contributed by atoms with Crippen LogP contribution in [-0.2, 0) is 4.74 Å². The number of anilines is 1. The minimum atomic E-state index is -0.449. The quantitative estimate of drug-likeness (QED) is 0.254. The Kier molecular flexibility index (Phi) is 7.60. The van der Waals surface area contributed by atoms with Crippen LogP contribution < -0.4 is 5.43 Å². The second kappa shape index (κ2) is 9.23. The molecular weight excluding hydrogens is 338 g/mol. The average molecular weight is 356 g/mol. The molecule has 0 saturated heterocycles. The molecule has 0 heterocycles. The first-order valence-electron chi connectivity index (χ1n) is 6.66. The van der Waals surface area contributed by atoms with Gasteiger partial charge in [0.15, 0.2) is 5.78 Å². The average Bonchev–Trinajstić information content (AvgIpc) is 2.51. The molecule has 0 atom stereocenters. The van der Waals surface area contributed by atoms with Gasteiger partial charge in [0, 0.05) is 17.3 Å². The molecule has 0 saturated carbocycles. The maximum absolute atomic E-state index is 12.0. The molecule has 0 aliphatic carbocycles. The molecule has 0 aromatic heterocycles. The second-order valence-corrected chi connectivity index (χ2v) is 4.82. The number of Topliss-reactive ketones (excluding diaryl/α,β-unsaturated/α-hetero) is 1. The predicted octanol–water partition coefficient (Wildman–Crippen LogP) is 3.63. The van der Waals surface area contributed by atoms with E-state index in [4.69, 9.17) is 4.74 Å². The Bertz CT molecular complexity index is 532. The molecule has 6 nitrogen and oxygen atoms in total. The predicted molar refractivity (Wildman–Crippen MR) is 84.2 cm³/mol. The molecule has 0 aliphatic rings. The minimum Gasteiger partial charge on any atom is -0.462 e. The van der Waals surface area contributed by atoms with Gasteiger partial charge in [-0.05, 0) is 25.1 Å². The Labute approximate surface area is 132 Å². The zero-order chi connectivity index (χ0) is 15.7. The zero-order valence-corrected chi connectivity index (χ0v) is 13.6. The lowest BCUT2D eigenvalue weighted by Gasteiger charge is -2.09. The number of benzene rings is 1. The summed E-state index contributed by atoms with van der Waals surface area (Å²) in [5.41, 5.74) is 4.00. The first-order chi connectivity index (χ1) is 10.1. The Morgan fingerprint density at radius 3 is 2.71 bits per heavy atom. The Morgan fingerprint density at radius 2 is 2.10 bits per heavy atom. The second-order valence-electron chi connectivity index (χ2n) is 4.02. The largest absolute Gasteiger partial charge is 0.462 e. The highest BCUT2D eigenvalue weighted by atomic mass is 79.9. The minimum absolute atomic E-state index is 0.0839. The molecule has 114 valence electrons. The Balaban J connectivity index is 3.02. The van der Waals surface area contributed by atoms with Crippen molar-refractivity contribution in [1.82, 2.24) is 0 Å². The number of esters is 1. The van der Waals surface area contributed by atoms with Crippen LogP contribution in [0.1, 0.15) is 41.0 Å². The molecule has 7 heteroatoms. The zero-order valence-electron chi connectivity index (χ0n) is 12.1. The highest BCUT2D eigenvalue weighted by molar-refractivity contribution is 9.09. The fraction of sp³-hybridized carbons (Fsp3) is 0.429. The van der Waals surface area contributed by atoms with Crippen LogP contribution in [-0.4, -0.2) is 30.2 Å². The fourth-order valence-electron chi connectivity index (χ4n) is 1.58. The van der Waals surface area contributed by atoms with Crippen molar-refractivity contribution in [2.45, 2.75) is 20.3 Å². The third kappa shape index (κ3) is 5.26. The van der Waals surface area contributed by atoms with Crippen LogP contribution in [0.25, 0.3) is 0 Å². The smallest absolute Gasteiger partial charge is 0.338 e. The number of rotatable bonds is 8. The molecule has 0 amide bonds. The van der Waals surface area contributed by atoms with Crippen LogP contribution in [0.5, 0.6) is 0 Å². The lowest BCUT2D eigenvalue weighted by molar-refractivity contribution is 0.0526. The maximum atomic E-state index is 12.0. The summed E-state index contributed by atoms with van der Waals surface area (Å²) < 4.78 is 4.93. The van der Waals surface area contributed by atoms with Crippen molar-refractivity contribution in [2.75, 3.05) is 23.9 Å².